The molecule has 0 spiro atoms. The second-order valence-corrected chi connectivity index (χ2v) is 8.47. The van der Waals surface area contributed by atoms with E-state index in [0.29, 0.717) is 5.92 Å². The number of aromatic nitrogens is 4. The number of hydrogen-bond acceptors (Lipinski definition) is 4. The Morgan fingerprint density at radius 2 is 1.82 bits per heavy atom. The summed E-state index contributed by atoms with van der Waals surface area (Å²) in [5.74, 6) is 2.75. The highest BCUT2D eigenvalue weighted by Gasteiger charge is 2.27. The molecule has 0 amide bonds. The monoisotopic (exact) mass is 378 g/mol. The molecule has 28 heavy (non-hydrogen) atoms. The zero-order valence-electron chi connectivity index (χ0n) is 16.8. The molecule has 0 aliphatic carbocycles. The maximum atomic E-state index is 4.61. The Balaban J connectivity index is 1.27. The van der Waals surface area contributed by atoms with Gasteiger partial charge in [-0.1, -0.05) is 18.2 Å². The van der Waals surface area contributed by atoms with Gasteiger partial charge in [0.2, 0.25) is 0 Å². The number of nitrogens with one attached hydrogen (secondary N) is 1. The summed E-state index contributed by atoms with van der Waals surface area (Å²) in [5, 5.41) is 10.4. The Hall–Kier alpha value is -2.18. The molecule has 0 unspecified atom stereocenters. The van der Waals surface area contributed by atoms with Crippen molar-refractivity contribution in [3.05, 3.63) is 47.7 Å². The normalized spacial score (nSPS) is 21.7. The van der Waals surface area contributed by atoms with E-state index < -0.39 is 0 Å². The largest absolute Gasteiger partial charge is 0.357 e. The Morgan fingerprint density at radius 3 is 2.68 bits per heavy atom. The van der Waals surface area contributed by atoms with E-state index in [-0.39, 0.29) is 0 Å². The Bertz CT molecular complexity index is 903. The van der Waals surface area contributed by atoms with Crippen molar-refractivity contribution in [2.75, 3.05) is 26.2 Å². The number of piperidine rings is 1. The molecule has 2 aromatic heterocycles. The SMILES string of the molecule is Cn1c(CN2CCCC2)nnc1[C@H]1CCCN(Cc2cc3ccccc3[nH]2)C1. The van der Waals surface area contributed by atoms with Crippen molar-refractivity contribution in [1.82, 2.24) is 29.5 Å². The predicted molar refractivity (Wildman–Crippen MR) is 111 cm³/mol. The zero-order valence-corrected chi connectivity index (χ0v) is 16.8. The van der Waals surface area contributed by atoms with Gasteiger partial charge in [-0.2, -0.15) is 0 Å². The summed E-state index contributed by atoms with van der Waals surface area (Å²) < 4.78 is 2.26. The minimum absolute atomic E-state index is 0.475. The fourth-order valence-corrected chi connectivity index (χ4v) is 4.88. The van der Waals surface area contributed by atoms with E-state index in [4.69, 9.17) is 0 Å². The van der Waals surface area contributed by atoms with E-state index in [1.807, 2.05) is 0 Å². The summed E-state index contributed by atoms with van der Waals surface area (Å²) >= 11 is 0. The third-order valence-electron chi connectivity index (χ3n) is 6.41. The highest BCUT2D eigenvalue weighted by atomic mass is 15.3. The standard InChI is InChI=1S/C22H30N6/c1-26-21(16-27-10-4-5-11-27)24-25-22(26)18-8-6-12-28(14-18)15-19-13-17-7-2-3-9-20(17)23-19/h2-3,7,9,13,18,23H,4-6,8,10-12,14-16H2,1H3/t18-/m0/s1. The molecule has 148 valence electrons. The van der Waals surface area contributed by atoms with E-state index >= 15 is 0 Å². The van der Waals surface area contributed by atoms with Crippen LogP contribution < -0.4 is 0 Å². The van der Waals surface area contributed by atoms with Gasteiger partial charge in [-0.25, -0.2) is 0 Å². The van der Waals surface area contributed by atoms with Crippen molar-refractivity contribution in [3.63, 3.8) is 0 Å². The summed E-state index contributed by atoms with van der Waals surface area (Å²) in [4.78, 5) is 8.63. The summed E-state index contributed by atoms with van der Waals surface area (Å²) in [7, 11) is 2.15. The van der Waals surface area contributed by atoms with E-state index in [1.165, 1.54) is 55.4 Å². The molecule has 0 bridgehead atoms. The highest BCUT2D eigenvalue weighted by Crippen LogP contribution is 2.27. The first-order chi connectivity index (χ1) is 13.8. The molecule has 2 aliphatic heterocycles. The van der Waals surface area contributed by atoms with Crippen LogP contribution in [0.15, 0.2) is 30.3 Å². The topological polar surface area (TPSA) is 53.0 Å². The second-order valence-electron chi connectivity index (χ2n) is 8.47. The molecular weight excluding hydrogens is 348 g/mol. The van der Waals surface area contributed by atoms with Gasteiger partial charge in [-0.3, -0.25) is 9.80 Å². The van der Waals surface area contributed by atoms with E-state index in [1.54, 1.807) is 0 Å². The van der Waals surface area contributed by atoms with Crippen LogP contribution in [0.1, 0.15) is 48.9 Å². The van der Waals surface area contributed by atoms with Crippen LogP contribution in [0, 0.1) is 0 Å². The molecule has 2 saturated heterocycles. The van der Waals surface area contributed by atoms with Crippen molar-refractivity contribution in [2.24, 2.45) is 7.05 Å². The van der Waals surface area contributed by atoms with Crippen LogP contribution in [-0.4, -0.2) is 55.7 Å². The molecule has 1 aromatic carbocycles. The number of fused-ring (bicyclic) bond motifs is 1. The molecule has 2 fully saturated rings. The Kier molecular flexibility index (Phi) is 4.91. The molecule has 6 heteroatoms. The van der Waals surface area contributed by atoms with Gasteiger partial charge in [0.25, 0.3) is 0 Å². The molecule has 4 heterocycles. The smallest absolute Gasteiger partial charge is 0.146 e. The number of likely N-dealkylation sites (tertiary alicyclic amines) is 2. The lowest BCUT2D eigenvalue weighted by atomic mass is 9.97. The van der Waals surface area contributed by atoms with Crippen molar-refractivity contribution in [3.8, 4) is 0 Å². The van der Waals surface area contributed by atoms with Gasteiger partial charge in [0, 0.05) is 37.3 Å². The van der Waals surface area contributed by atoms with Crippen LogP contribution in [-0.2, 0) is 20.1 Å². The van der Waals surface area contributed by atoms with Crippen molar-refractivity contribution in [2.45, 2.75) is 44.7 Å². The number of nitrogens with zero attached hydrogens (tertiary/aromatic N) is 5. The van der Waals surface area contributed by atoms with Crippen LogP contribution in [0.3, 0.4) is 0 Å². The molecule has 1 atom stereocenters. The summed E-state index contributed by atoms with van der Waals surface area (Å²) in [6.45, 7) is 6.53. The lowest BCUT2D eigenvalue weighted by Gasteiger charge is -2.31. The number of rotatable bonds is 5. The Labute approximate surface area is 166 Å². The first-order valence-corrected chi connectivity index (χ1v) is 10.7. The fourth-order valence-electron chi connectivity index (χ4n) is 4.88. The highest BCUT2D eigenvalue weighted by molar-refractivity contribution is 5.80. The van der Waals surface area contributed by atoms with Gasteiger partial charge in [0.15, 0.2) is 0 Å². The maximum absolute atomic E-state index is 4.61. The second kappa shape index (κ2) is 7.68. The molecule has 0 radical (unpaired) electrons. The minimum atomic E-state index is 0.475. The van der Waals surface area contributed by atoms with Crippen molar-refractivity contribution >= 4 is 10.9 Å². The van der Waals surface area contributed by atoms with Crippen LogP contribution in [0.25, 0.3) is 10.9 Å². The van der Waals surface area contributed by atoms with E-state index in [9.17, 15) is 0 Å². The lowest BCUT2D eigenvalue weighted by molar-refractivity contribution is 0.193. The fraction of sp³-hybridized carbons (Fsp3) is 0.545. The van der Waals surface area contributed by atoms with E-state index in [2.05, 4.69) is 66.9 Å². The predicted octanol–water partition coefficient (Wildman–Crippen LogP) is 3.27. The van der Waals surface area contributed by atoms with Crippen molar-refractivity contribution in [1.29, 1.82) is 0 Å². The zero-order chi connectivity index (χ0) is 18.9. The van der Waals surface area contributed by atoms with E-state index in [0.717, 1.165) is 37.8 Å². The van der Waals surface area contributed by atoms with Crippen LogP contribution in [0.2, 0.25) is 0 Å². The van der Waals surface area contributed by atoms with Crippen molar-refractivity contribution < 1.29 is 0 Å². The van der Waals surface area contributed by atoms with Gasteiger partial charge in [0.1, 0.15) is 11.6 Å². The quantitative estimate of drug-likeness (QED) is 0.740. The summed E-state index contributed by atoms with van der Waals surface area (Å²) in [6, 6.07) is 10.8. The van der Waals surface area contributed by atoms with Gasteiger partial charge in [-0.15, -0.1) is 10.2 Å². The van der Waals surface area contributed by atoms with Gasteiger partial charge >= 0.3 is 0 Å². The third kappa shape index (κ3) is 3.59. The number of aromatic amines is 1. The van der Waals surface area contributed by atoms with Crippen LogP contribution >= 0.6 is 0 Å². The van der Waals surface area contributed by atoms with Gasteiger partial charge < -0.3 is 9.55 Å². The average molecular weight is 379 g/mol. The molecule has 0 saturated carbocycles. The molecule has 3 aromatic rings. The number of benzene rings is 1. The number of para-hydroxylation sites is 1. The van der Waals surface area contributed by atoms with Crippen LogP contribution in [0.4, 0.5) is 0 Å². The molecular formula is C22H30N6. The summed E-state index contributed by atoms with van der Waals surface area (Å²) in [5.41, 5.74) is 2.53. The maximum Gasteiger partial charge on any atom is 0.146 e. The summed E-state index contributed by atoms with van der Waals surface area (Å²) in [6.07, 6.45) is 5.06. The number of hydrogen-bond donors (Lipinski definition) is 1. The van der Waals surface area contributed by atoms with Gasteiger partial charge in [-0.05, 0) is 62.8 Å². The average Bonchev–Trinajstić information content (AvgIpc) is 3.43. The van der Waals surface area contributed by atoms with Crippen LogP contribution in [0.5, 0.6) is 0 Å². The molecule has 1 N–H and O–H groups in total. The first kappa shape index (κ1) is 17.9. The minimum Gasteiger partial charge on any atom is -0.357 e. The molecule has 6 nitrogen and oxygen atoms in total. The lowest BCUT2D eigenvalue weighted by Crippen LogP contribution is -2.35. The first-order valence-electron chi connectivity index (χ1n) is 10.7. The molecule has 5 rings (SSSR count). The Morgan fingerprint density at radius 1 is 1.00 bits per heavy atom. The van der Waals surface area contributed by atoms with Gasteiger partial charge in [0.05, 0.1) is 6.54 Å². The molecule has 2 aliphatic rings. The third-order valence-corrected chi connectivity index (χ3v) is 6.41. The number of H-pyrrole nitrogens is 1.